The fourth-order valence-electron chi connectivity index (χ4n) is 4.68. The Labute approximate surface area is 165 Å². The van der Waals surface area contributed by atoms with E-state index in [9.17, 15) is 4.39 Å². The van der Waals surface area contributed by atoms with E-state index in [1.54, 1.807) is 12.1 Å². The minimum Gasteiger partial charge on any atom is -0.367 e. The fourth-order valence-corrected chi connectivity index (χ4v) is 4.68. The molecule has 3 aromatic rings. The highest BCUT2D eigenvalue weighted by atomic mass is 19.1. The van der Waals surface area contributed by atoms with Crippen molar-refractivity contribution in [2.75, 3.05) is 11.4 Å². The van der Waals surface area contributed by atoms with Crippen LogP contribution in [0.5, 0.6) is 0 Å². The first-order valence-electron chi connectivity index (χ1n) is 9.85. The zero-order valence-corrected chi connectivity index (χ0v) is 15.9. The molecule has 2 heterocycles. The zero-order chi connectivity index (χ0) is 19.1. The predicted molar refractivity (Wildman–Crippen MR) is 110 cm³/mol. The van der Waals surface area contributed by atoms with E-state index in [1.165, 1.54) is 22.4 Å². The standard InChI is InChI=1S/C24H24FN3/c1-16-5-4-6-17(13-16)14-28-15-21-23(18-9-11-19(25)12-10-18)26-27-24(21)20-7-2-3-8-22(20)28/h2-13,21,23-24,26-27H,14-15H2,1H3. The van der Waals surface area contributed by atoms with Gasteiger partial charge >= 0.3 is 0 Å². The third kappa shape index (κ3) is 3.09. The molecule has 4 heteroatoms. The number of halogens is 1. The summed E-state index contributed by atoms with van der Waals surface area (Å²) in [6, 6.07) is 24.7. The minimum absolute atomic E-state index is 0.152. The van der Waals surface area contributed by atoms with Crippen molar-refractivity contribution < 1.29 is 4.39 Å². The molecule has 3 unspecified atom stereocenters. The molecule has 2 aliphatic rings. The maximum Gasteiger partial charge on any atom is 0.123 e. The summed E-state index contributed by atoms with van der Waals surface area (Å²) in [5.74, 6) is 0.173. The van der Waals surface area contributed by atoms with Gasteiger partial charge in [-0.25, -0.2) is 15.2 Å². The van der Waals surface area contributed by atoms with E-state index in [-0.39, 0.29) is 17.9 Å². The van der Waals surface area contributed by atoms with Gasteiger partial charge in [-0.2, -0.15) is 0 Å². The molecule has 0 spiro atoms. The van der Waals surface area contributed by atoms with Crippen LogP contribution in [0.1, 0.15) is 34.3 Å². The number of fused-ring (bicyclic) bond motifs is 3. The molecular formula is C24H24FN3. The van der Waals surface area contributed by atoms with E-state index >= 15 is 0 Å². The molecule has 0 aromatic heterocycles. The van der Waals surface area contributed by atoms with Crippen LogP contribution in [-0.4, -0.2) is 6.54 Å². The largest absolute Gasteiger partial charge is 0.367 e. The number of aryl methyl sites for hydroxylation is 1. The Hall–Kier alpha value is -2.69. The second kappa shape index (κ2) is 7.04. The summed E-state index contributed by atoms with van der Waals surface area (Å²) >= 11 is 0. The van der Waals surface area contributed by atoms with E-state index in [0.717, 1.165) is 18.7 Å². The normalized spacial score (nSPS) is 23.4. The number of nitrogens with zero attached hydrogens (tertiary/aromatic N) is 1. The number of rotatable bonds is 3. The molecule has 0 radical (unpaired) electrons. The lowest BCUT2D eigenvalue weighted by Crippen LogP contribution is -2.39. The number of hydrogen-bond donors (Lipinski definition) is 2. The summed E-state index contributed by atoms with van der Waals surface area (Å²) in [5.41, 5.74) is 13.3. The molecule has 3 nitrogen and oxygen atoms in total. The minimum atomic E-state index is -0.193. The molecule has 1 saturated heterocycles. The third-order valence-electron chi connectivity index (χ3n) is 5.98. The molecule has 3 atom stereocenters. The van der Waals surface area contributed by atoms with Crippen molar-refractivity contribution in [1.82, 2.24) is 10.9 Å². The summed E-state index contributed by atoms with van der Waals surface area (Å²) in [6.45, 7) is 3.97. The first kappa shape index (κ1) is 17.4. The van der Waals surface area contributed by atoms with Gasteiger partial charge < -0.3 is 4.90 Å². The summed E-state index contributed by atoms with van der Waals surface area (Å²) in [6.07, 6.45) is 0. The average molecular weight is 373 g/mol. The van der Waals surface area contributed by atoms with Gasteiger partial charge in [0, 0.05) is 24.7 Å². The Bertz CT molecular complexity index is 985. The maximum atomic E-state index is 13.4. The Morgan fingerprint density at radius 1 is 0.929 bits per heavy atom. The number of hydrazine groups is 1. The highest BCUT2D eigenvalue weighted by Crippen LogP contribution is 2.45. The molecule has 3 aromatic carbocycles. The number of nitrogens with one attached hydrogen (secondary N) is 2. The van der Waals surface area contributed by atoms with Crippen molar-refractivity contribution in [2.45, 2.75) is 25.6 Å². The van der Waals surface area contributed by atoms with Crippen molar-refractivity contribution in [2.24, 2.45) is 5.92 Å². The van der Waals surface area contributed by atoms with Gasteiger partial charge in [0.25, 0.3) is 0 Å². The molecule has 0 amide bonds. The predicted octanol–water partition coefficient (Wildman–Crippen LogP) is 4.66. The number of anilines is 1. The average Bonchev–Trinajstić information content (AvgIpc) is 3.13. The maximum absolute atomic E-state index is 13.4. The van der Waals surface area contributed by atoms with E-state index in [4.69, 9.17) is 0 Å². The monoisotopic (exact) mass is 373 g/mol. The van der Waals surface area contributed by atoms with Crippen LogP contribution in [0.4, 0.5) is 10.1 Å². The van der Waals surface area contributed by atoms with Crippen LogP contribution in [0.3, 0.4) is 0 Å². The first-order chi connectivity index (χ1) is 13.7. The van der Waals surface area contributed by atoms with Crippen molar-refractivity contribution in [3.8, 4) is 0 Å². The SMILES string of the molecule is Cc1cccc(CN2CC3C(c4ccc(F)cc4)NNC3c3ccccc32)c1. The molecule has 2 aliphatic heterocycles. The van der Waals surface area contributed by atoms with Crippen LogP contribution in [0.15, 0.2) is 72.8 Å². The molecule has 0 saturated carbocycles. The molecule has 2 N–H and O–H groups in total. The van der Waals surface area contributed by atoms with Gasteiger partial charge in [0.05, 0.1) is 12.1 Å². The summed E-state index contributed by atoms with van der Waals surface area (Å²) in [7, 11) is 0. The van der Waals surface area contributed by atoms with E-state index < -0.39 is 0 Å². The van der Waals surface area contributed by atoms with E-state index in [2.05, 4.69) is 71.2 Å². The Morgan fingerprint density at radius 2 is 1.71 bits per heavy atom. The second-order valence-corrected chi connectivity index (χ2v) is 7.89. The number of hydrogen-bond acceptors (Lipinski definition) is 3. The van der Waals surface area contributed by atoms with Crippen LogP contribution in [-0.2, 0) is 6.54 Å². The van der Waals surface area contributed by atoms with E-state index in [1.807, 2.05) is 12.1 Å². The van der Waals surface area contributed by atoms with Gasteiger partial charge in [0.2, 0.25) is 0 Å². The smallest absolute Gasteiger partial charge is 0.123 e. The van der Waals surface area contributed by atoms with Crippen molar-refractivity contribution in [3.63, 3.8) is 0 Å². The fraction of sp³-hybridized carbons (Fsp3) is 0.250. The van der Waals surface area contributed by atoms with E-state index in [0.29, 0.717) is 5.92 Å². The van der Waals surface area contributed by atoms with Gasteiger partial charge in [0.15, 0.2) is 0 Å². The molecule has 0 bridgehead atoms. The van der Waals surface area contributed by atoms with Gasteiger partial charge in [0.1, 0.15) is 5.82 Å². The van der Waals surface area contributed by atoms with Gasteiger partial charge in [-0.15, -0.1) is 0 Å². The summed E-state index contributed by atoms with van der Waals surface area (Å²) < 4.78 is 13.4. The van der Waals surface area contributed by atoms with Crippen LogP contribution in [0.25, 0.3) is 0 Å². The Balaban J connectivity index is 1.49. The molecule has 28 heavy (non-hydrogen) atoms. The second-order valence-electron chi connectivity index (χ2n) is 7.89. The molecule has 0 aliphatic carbocycles. The lowest BCUT2D eigenvalue weighted by atomic mass is 9.82. The van der Waals surface area contributed by atoms with Gasteiger partial charge in [-0.3, -0.25) is 0 Å². The number of benzene rings is 3. The zero-order valence-electron chi connectivity index (χ0n) is 15.9. The van der Waals surface area contributed by atoms with Crippen LogP contribution < -0.4 is 15.8 Å². The van der Waals surface area contributed by atoms with Crippen molar-refractivity contribution >= 4 is 5.69 Å². The highest BCUT2D eigenvalue weighted by molar-refractivity contribution is 5.58. The quantitative estimate of drug-likeness (QED) is 0.699. The topological polar surface area (TPSA) is 27.3 Å². The van der Waals surface area contributed by atoms with Crippen LogP contribution in [0.2, 0.25) is 0 Å². The molecular weight excluding hydrogens is 349 g/mol. The number of para-hydroxylation sites is 1. The summed E-state index contributed by atoms with van der Waals surface area (Å²) in [4.78, 5) is 2.48. The summed E-state index contributed by atoms with van der Waals surface area (Å²) in [5, 5.41) is 0. The highest BCUT2D eigenvalue weighted by Gasteiger charge is 2.42. The lowest BCUT2D eigenvalue weighted by molar-refractivity contribution is 0.402. The molecule has 5 rings (SSSR count). The van der Waals surface area contributed by atoms with Crippen molar-refractivity contribution in [1.29, 1.82) is 0 Å². The first-order valence-corrected chi connectivity index (χ1v) is 9.85. The lowest BCUT2D eigenvalue weighted by Gasteiger charge is -2.39. The molecule has 1 fully saturated rings. The molecule has 142 valence electrons. The van der Waals surface area contributed by atoms with Gasteiger partial charge in [-0.1, -0.05) is 60.2 Å². The third-order valence-corrected chi connectivity index (χ3v) is 5.98. The van der Waals surface area contributed by atoms with Crippen LogP contribution >= 0.6 is 0 Å². The van der Waals surface area contributed by atoms with Crippen LogP contribution in [0, 0.1) is 18.7 Å². The Morgan fingerprint density at radius 3 is 2.54 bits per heavy atom. The Kier molecular flexibility index (Phi) is 4.38. The van der Waals surface area contributed by atoms with Crippen molar-refractivity contribution in [3.05, 3.63) is 101 Å². The van der Waals surface area contributed by atoms with Gasteiger partial charge in [-0.05, 0) is 41.8 Å².